The Morgan fingerprint density at radius 1 is 0.840 bits per heavy atom. The van der Waals surface area contributed by atoms with Gasteiger partial charge < -0.3 is 4.52 Å². The number of hydrogen-bond donors (Lipinski definition) is 2. The largest absolute Gasteiger partial charge is 0.355 e. The zero-order valence-corrected chi connectivity index (χ0v) is 14.1. The summed E-state index contributed by atoms with van der Waals surface area (Å²) in [6.45, 7) is 0. The molecular weight excluding hydrogens is 365 g/mol. The van der Waals surface area contributed by atoms with Crippen LogP contribution in [0.25, 0.3) is 11.3 Å². The third kappa shape index (κ3) is 4.17. The van der Waals surface area contributed by atoms with Crippen molar-refractivity contribution in [3.05, 3.63) is 75.9 Å². The van der Waals surface area contributed by atoms with E-state index in [1.165, 1.54) is 6.07 Å². The van der Waals surface area contributed by atoms with E-state index in [0.717, 1.165) is 5.56 Å². The monoisotopic (exact) mass is 375 g/mol. The number of benzene rings is 2. The van der Waals surface area contributed by atoms with Gasteiger partial charge in [0.1, 0.15) is 0 Å². The molecule has 0 bridgehead atoms. The lowest BCUT2D eigenvalue weighted by molar-refractivity contribution is 0.0841. The molecule has 0 unspecified atom stereocenters. The quantitative estimate of drug-likeness (QED) is 0.683. The Morgan fingerprint density at radius 2 is 1.40 bits per heavy atom. The maximum atomic E-state index is 12.0. The van der Waals surface area contributed by atoms with Crippen molar-refractivity contribution in [2.75, 3.05) is 0 Å². The molecule has 2 N–H and O–H groups in total. The molecule has 2 amide bonds. The van der Waals surface area contributed by atoms with Crippen LogP contribution in [0, 0.1) is 0 Å². The molecular formula is C17H11Cl2N3O3. The van der Waals surface area contributed by atoms with E-state index in [0.29, 0.717) is 21.4 Å². The van der Waals surface area contributed by atoms with Gasteiger partial charge >= 0.3 is 0 Å². The summed E-state index contributed by atoms with van der Waals surface area (Å²) in [4.78, 5) is 24.0. The third-order valence-electron chi connectivity index (χ3n) is 3.27. The molecule has 25 heavy (non-hydrogen) atoms. The van der Waals surface area contributed by atoms with Gasteiger partial charge in [-0.2, -0.15) is 0 Å². The van der Waals surface area contributed by atoms with Crippen LogP contribution in [0.2, 0.25) is 10.0 Å². The normalized spacial score (nSPS) is 10.3. The zero-order valence-electron chi connectivity index (χ0n) is 12.6. The van der Waals surface area contributed by atoms with E-state index in [-0.39, 0.29) is 5.69 Å². The van der Waals surface area contributed by atoms with Crippen LogP contribution in [0.4, 0.5) is 0 Å². The smallest absolute Gasteiger partial charge is 0.291 e. The minimum Gasteiger partial charge on any atom is -0.355 e. The van der Waals surface area contributed by atoms with Gasteiger partial charge in [0.05, 0.1) is 0 Å². The van der Waals surface area contributed by atoms with Crippen molar-refractivity contribution in [2.24, 2.45) is 0 Å². The van der Waals surface area contributed by atoms with Crippen LogP contribution < -0.4 is 10.9 Å². The van der Waals surface area contributed by atoms with E-state index in [1.54, 1.807) is 48.5 Å². The van der Waals surface area contributed by atoms with Crippen LogP contribution in [0.15, 0.2) is 59.1 Å². The van der Waals surface area contributed by atoms with Crippen molar-refractivity contribution in [1.29, 1.82) is 0 Å². The highest BCUT2D eigenvalue weighted by Gasteiger charge is 2.15. The molecule has 0 radical (unpaired) electrons. The van der Waals surface area contributed by atoms with Gasteiger partial charge in [-0.25, -0.2) is 0 Å². The summed E-state index contributed by atoms with van der Waals surface area (Å²) in [5.41, 5.74) is 5.67. The molecule has 2 aromatic carbocycles. The van der Waals surface area contributed by atoms with Gasteiger partial charge in [-0.05, 0) is 48.5 Å². The lowest BCUT2D eigenvalue weighted by Crippen LogP contribution is -2.41. The van der Waals surface area contributed by atoms with Gasteiger partial charge in [0, 0.05) is 27.2 Å². The minimum absolute atomic E-state index is 0.0290. The van der Waals surface area contributed by atoms with E-state index >= 15 is 0 Å². The highest BCUT2D eigenvalue weighted by atomic mass is 35.5. The zero-order chi connectivity index (χ0) is 17.8. The average Bonchev–Trinajstić information content (AvgIpc) is 3.11. The molecule has 0 aliphatic rings. The van der Waals surface area contributed by atoms with E-state index in [4.69, 9.17) is 27.7 Å². The molecule has 0 aliphatic carbocycles. The Bertz CT molecular complexity index is 906. The molecule has 8 heteroatoms. The first kappa shape index (κ1) is 17.0. The standard InChI is InChI=1S/C17H11Cl2N3O3/c18-12-5-1-10(2-6-12)15-9-14(22-25-15)17(24)21-20-16(23)11-3-7-13(19)8-4-11/h1-9H,(H,20,23)(H,21,24). The summed E-state index contributed by atoms with van der Waals surface area (Å²) >= 11 is 11.6. The molecule has 0 saturated carbocycles. The molecule has 6 nitrogen and oxygen atoms in total. The molecule has 0 fully saturated rings. The fraction of sp³-hybridized carbons (Fsp3) is 0. The Hall–Kier alpha value is -2.83. The van der Waals surface area contributed by atoms with Crippen LogP contribution in [0.3, 0.4) is 0 Å². The number of halogens is 2. The minimum atomic E-state index is -0.605. The Kier molecular flexibility index (Phi) is 5.02. The molecule has 3 aromatic rings. The molecule has 126 valence electrons. The summed E-state index contributed by atoms with van der Waals surface area (Å²) < 4.78 is 5.14. The second-order valence-corrected chi connectivity index (χ2v) is 5.87. The first-order chi connectivity index (χ1) is 12.0. The molecule has 1 heterocycles. The maximum Gasteiger partial charge on any atom is 0.291 e. The van der Waals surface area contributed by atoms with Crippen molar-refractivity contribution >= 4 is 35.0 Å². The predicted octanol–water partition coefficient (Wildman–Crippen LogP) is 3.72. The summed E-state index contributed by atoms with van der Waals surface area (Å²) in [5.74, 6) is -0.677. The lowest BCUT2D eigenvalue weighted by atomic mass is 10.1. The number of amides is 2. The Morgan fingerprint density at radius 3 is 2.04 bits per heavy atom. The number of carbonyl (C=O) groups is 2. The van der Waals surface area contributed by atoms with Crippen molar-refractivity contribution in [3.8, 4) is 11.3 Å². The second-order valence-electron chi connectivity index (χ2n) is 5.00. The molecule has 0 aliphatic heterocycles. The SMILES string of the molecule is O=C(NNC(=O)c1cc(-c2ccc(Cl)cc2)on1)c1ccc(Cl)cc1. The number of nitrogens with one attached hydrogen (secondary N) is 2. The fourth-order valence-electron chi connectivity index (χ4n) is 1.98. The highest BCUT2D eigenvalue weighted by molar-refractivity contribution is 6.31. The molecule has 0 atom stereocenters. The van der Waals surface area contributed by atoms with Gasteiger partial charge in [0.15, 0.2) is 11.5 Å². The molecule has 1 aromatic heterocycles. The molecule has 3 rings (SSSR count). The van der Waals surface area contributed by atoms with Crippen molar-refractivity contribution in [2.45, 2.75) is 0 Å². The van der Waals surface area contributed by atoms with Gasteiger partial charge in [-0.1, -0.05) is 28.4 Å². The maximum absolute atomic E-state index is 12.0. The second kappa shape index (κ2) is 7.38. The van der Waals surface area contributed by atoms with Crippen molar-refractivity contribution in [3.63, 3.8) is 0 Å². The number of hydrogen-bond acceptors (Lipinski definition) is 4. The van der Waals surface area contributed by atoms with E-state index in [9.17, 15) is 9.59 Å². The number of aromatic nitrogens is 1. The van der Waals surface area contributed by atoms with Crippen LogP contribution in [-0.2, 0) is 0 Å². The van der Waals surface area contributed by atoms with Crippen molar-refractivity contribution < 1.29 is 14.1 Å². The van der Waals surface area contributed by atoms with Gasteiger partial charge in [0.2, 0.25) is 0 Å². The number of hydrazine groups is 1. The lowest BCUT2D eigenvalue weighted by Gasteiger charge is -2.05. The van der Waals surface area contributed by atoms with E-state index in [2.05, 4.69) is 16.0 Å². The average molecular weight is 376 g/mol. The molecule has 0 saturated heterocycles. The number of carbonyl (C=O) groups excluding carboxylic acids is 2. The molecule has 0 spiro atoms. The highest BCUT2D eigenvalue weighted by Crippen LogP contribution is 2.22. The fourth-order valence-corrected chi connectivity index (χ4v) is 2.24. The van der Waals surface area contributed by atoms with E-state index in [1.807, 2.05) is 0 Å². The summed E-state index contributed by atoms with van der Waals surface area (Å²) in [6, 6.07) is 14.6. The van der Waals surface area contributed by atoms with Gasteiger partial charge in [-0.3, -0.25) is 20.4 Å². The third-order valence-corrected chi connectivity index (χ3v) is 3.77. The first-order valence-electron chi connectivity index (χ1n) is 7.12. The van der Waals surface area contributed by atoms with E-state index < -0.39 is 11.8 Å². The van der Waals surface area contributed by atoms with Gasteiger partial charge in [0.25, 0.3) is 11.8 Å². The van der Waals surface area contributed by atoms with Crippen LogP contribution in [-0.4, -0.2) is 17.0 Å². The topological polar surface area (TPSA) is 84.2 Å². The Balaban J connectivity index is 1.63. The summed E-state index contributed by atoms with van der Waals surface area (Å²) in [7, 11) is 0. The summed E-state index contributed by atoms with van der Waals surface area (Å²) in [6.07, 6.45) is 0. The first-order valence-corrected chi connectivity index (χ1v) is 7.87. The van der Waals surface area contributed by atoms with Crippen molar-refractivity contribution in [1.82, 2.24) is 16.0 Å². The number of rotatable bonds is 3. The Labute approximate surface area is 152 Å². The predicted molar refractivity (Wildman–Crippen MR) is 93.3 cm³/mol. The van der Waals surface area contributed by atoms with Crippen LogP contribution in [0.5, 0.6) is 0 Å². The van der Waals surface area contributed by atoms with Gasteiger partial charge in [-0.15, -0.1) is 0 Å². The number of nitrogens with zero attached hydrogens (tertiary/aromatic N) is 1. The summed E-state index contributed by atoms with van der Waals surface area (Å²) in [5, 5.41) is 4.79. The van der Waals surface area contributed by atoms with Crippen LogP contribution in [0.1, 0.15) is 20.8 Å². The van der Waals surface area contributed by atoms with Crippen LogP contribution >= 0.6 is 23.2 Å².